The van der Waals surface area contributed by atoms with Crippen LogP contribution in [0.1, 0.15) is 37.3 Å². The Morgan fingerprint density at radius 3 is 2.28 bits per heavy atom. The van der Waals surface area contributed by atoms with Crippen LogP contribution < -0.4 is 4.90 Å². The molecule has 1 atom stereocenters. The number of para-hydroxylation sites is 2. The molecule has 2 aromatic rings. The van der Waals surface area contributed by atoms with Gasteiger partial charge in [-0.25, -0.2) is 0 Å². The maximum absolute atomic E-state index is 12.1. The highest BCUT2D eigenvalue weighted by molar-refractivity contribution is 5.72. The number of piperidine rings is 1. The second-order valence-corrected chi connectivity index (χ2v) is 8.77. The Hall–Kier alpha value is -2.37. The second-order valence-electron chi connectivity index (χ2n) is 8.77. The van der Waals surface area contributed by atoms with Crippen molar-refractivity contribution in [2.45, 2.75) is 39.0 Å². The summed E-state index contributed by atoms with van der Waals surface area (Å²) in [6.07, 6.45) is 5.38. The van der Waals surface area contributed by atoms with Gasteiger partial charge in [0.05, 0.1) is 25.7 Å². The molecule has 1 fully saturated rings. The average Bonchev–Trinajstić information content (AvgIpc) is 2.82. The molecule has 0 aromatic heterocycles. The first-order valence-corrected chi connectivity index (χ1v) is 12.2. The van der Waals surface area contributed by atoms with Gasteiger partial charge in [-0.3, -0.25) is 4.79 Å². The number of aryl methyl sites for hydroxylation is 2. The smallest absolute Gasteiger partial charge is 0.310 e. The van der Waals surface area contributed by atoms with E-state index in [1.54, 1.807) is 0 Å². The number of benzene rings is 2. The highest BCUT2D eigenvalue weighted by Crippen LogP contribution is 2.34. The summed E-state index contributed by atoms with van der Waals surface area (Å²) in [7, 11) is 0. The molecular formula is C27H36N2O3. The monoisotopic (exact) mass is 436 g/mol. The molecule has 0 aliphatic carbocycles. The first kappa shape index (κ1) is 22.8. The Morgan fingerprint density at radius 2 is 1.59 bits per heavy atom. The minimum atomic E-state index is -0.0486. The van der Waals surface area contributed by atoms with Gasteiger partial charge >= 0.3 is 5.97 Å². The molecule has 1 saturated heterocycles. The number of rotatable bonds is 8. The molecule has 0 saturated carbocycles. The van der Waals surface area contributed by atoms with Gasteiger partial charge in [-0.05, 0) is 68.8 Å². The number of ether oxygens (including phenoxy) is 2. The summed E-state index contributed by atoms with van der Waals surface area (Å²) >= 11 is 0. The number of carbonyl (C=O) groups excluding carboxylic acids is 1. The second kappa shape index (κ2) is 11.5. The predicted octanol–water partition coefficient (Wildman–Crippen LogP) is 4.61. The summed E-state index contributed by atoms with van der Waals surface area (Å²) < 4.78 is 11.3. The minimum absolute atomic E-state index is 0.0118. The van der Waals surface area contributed by atoms with E-state index in [0.717, 1.165) is 51.9 Å². The predicted molar refractivity (Wildman–Crippen MR) is 129 cm³/mol. The zero-order valence-electron chi connectivity index (χ0n) is 19.3. The van der Waals surface area contributed by atoms with Crippen molar-refractivity contribution in [2.24, 2.45) is 5.92 Å². The van der Waals surface area contributed by atoms with Crippen molar-refractivity contribution in [1.82, 2.24) is 4.90 Å². The van der Waals surface area contributed by atoms with E-state index in [-0.39, 0.29) is 11.9 Å². The molecule has 0 amide bonds. The van der Waals surface area contributed by atoms with Crippen LogP contribution in [0.3, 0.4) is 0 Å². The third-order valence-electron chi connectivity index (χ3n) is 6.59. The number of nitrogens with zero attached hydrogens (tertiary/aromatic N) is 2. The molecule has 5 heteroatoms. The van der Waals surface area contributed by atoms with Crippen molar-refractivity contribution in [3.05, 3.63) is 59.7 Å². The molecule has 2 aliphatic rings. The fraction of sp³-hybridized carbons (Fsp3) is 0.519. The van der Waals surface area contributed by atoms with Crippen LogP contribution in [0.5, 0.6) is 0 Å². The Balaban J connectivity index is 1.32. The summed E-state index contributed by atoms with van der Waals surface area (Å²) in [5.74, 6) is -0.0368. The van der Waals surface area contributed by atoms with Crippen LogP contribution in [0.4, 0.5) is 11.4 Å². The van der Waals surface area contributed by atoms with Crippen molar-refractivity contribution in [2.75, 3.05) is 50.9 Å². The standard InChI is InChI=1S/C27H36N2O3/c1-2-32-27(30)24-13-8-16-28(21-24)17-19-31-20-18-29-25-14-5-3-9-22(25)11-7-12-23-10-4-6-15-26(23)29/h3-6,9-10,14-15,24H,2,7-8,11-13,16-21H2,1H3/t24-/m1/s1. The molecule has 0 unspecified atom stereocenters. The lowest BCUT2D eigenvalue weighted by molar-refractivity contribution is -0.150. The topological polar surface area (TPSA) is 42.0 Å². The van der Waals surface area contributed by atoms with E-state index in [2.05, 4.69) is 58.3 Å². The van der Waals surface area contributed by atoms with Crippen molar-refractivity contribution >= 4 is 17.3 Å². The van der Waals surface area contributed by atoms with E-state index >= 15 is 0 Å². The summed E-state index contributed by atoms with van der Waals surface area (Å²) in [5.41, 5.74) is 5.44. The molecule has 5 nitrogen and oxygen atoms in total. The largest absolute Gasteiger partial charge is 0.466 e. The number of hydrogen-bond donors (Lipinski definition) is 0. The quantitative estimate of drug-likeness (QED) is 0.447. The summed E-state index contributed by atoms with van der Waals surface area (Å²) in [6.45, 7) is 7.21. The molecule has 0 radical (unpaired) electrons. The summed E-state index contributed by atoms with van der Waals surface area (Å²) in [5, 5.41) is 0. The minimum Gasteiger partial charge on any atom is -0.466 e. The SMILES string of the molecule is CCOC(=O)[C@@H]1CCCN(CCOCCN2c3ccccc3CCCc3ccccc32)C1. The fourth-order valence-electron chi connectivity index (χ4n) is 4.97. The van der Waals surface area contributed by atoms with Crippen LogP contribution in [0.15, 0.2) is 48.5 Å². The third kappa shape index (κ3) is 5.70. The lowest BCUT2D eigenvalue weighted by Crippen LogP contribution is -2.41. The molecule has 2 heterocycles. The Labute approximate surface area is 192 Å². The normalized spacial score (nSPS) is 18.9. The number of likely N-dealkylation sites (tertiary alicyclic amines) is 1. The molecule has 32 heavy (non-hydrogen) atoms. The van der Waals surface area contributed by atoms with Gasteiger partial charge in [-0.2, -0.15) is 0 Å². The van der Waals surface area contributed by atoms with Gasteiger partial charge in [0.2, 0.25) is 0 Å². The van der Waals surface area contributed by atoms with E-state index in [1.807, 2.05) is 6.92 Å². The Morgan fingerprint density at radius 1 is 0.938 bits per heavy atom. The van der Waals surface area contributed by atoms with Crippen molar-refractivity contribution in [3.8, 4) is 0 Å². The highest BCUT2D eigenvalue weighted by Gasteiger charge is 2.26. The summed E-state index contributed by atoms with van der Waals surface area (Å²) in [4.78, 5) is 16.8. The van der Waals surface area contributed by atoms with Gasteiger partial charge in [-0.15, -0.1) is 0 Å². The molecule has 4 rings (SSSR count). The number of carbonyl (C=O) groups is 1. The molecule has 172 valence electrons. The first-order valence-electron chi connectivity index (χ1n) is 12.2. The van der Waals surface area contributed by atoms with Gasteiger partial charge in [0.25, 0.3) is 0 Å². The maximum Gasteiger partial charge on any atom is 0.310 e. The summed E-state index contributed by atoms with van der Waals surface area (Å²) in [6, 6.07) is 17.5. The van der Waals surface area contributed by atoms with E-state index in [9.17, 15) is 4.79 Å². The van der Waals surface area contributed by atoms with Crippen LogP contribution in [0.25, 0.3) is 0 Å². The first-order chi connectivity index (χ1) is 15.8. The zero-order chi connectivity index (χ0) is 22.2. The molecule has 0 N–H and O–H groups in total. The lowest BCUT2D eigenvalue weighted by Gasteiger charge is -2.32. The highest BCUT2D eigenvalue weighted by atomic mass is 16.5. The number of anilines is 2. The van der Waals surface area contributed by atoms with Crippen LogP contribution in [-0.4, -0.2) is 56.9 Å². The Bertz CT molecular complexity index is 837. The van der Waals surface area contributed by atoms with Gasteiger partial charge in [0.1, 0.15) is 0 Å². The van der Waals surface area contributed by atoms with Crippen molar-refractivity contribution in [3.63, 3.8) is 0 Å². The van der Waals surface area contributed by atoms with Crippen LogP contribution in [0, 0.1) is 5.92 Å². The van der Waals surface area contributed by atoms with E-state index < -0.39 is 0 Å². The van der Waals surface area contributed by atoms with Crippen molar-refractivity contribution < 1.29 is 14.3 Å². The van der Waals surface area contributed by atoms with Gasteiger partial charge in [-0.1, -0.05) is 36.4 Å². The average molecular weight is 437 g/mol. The lowest BCUT2D eigenvalue weighted by atomic mass is 9.97. The maximum atomic E-state index is 12.1. The number of fused-ring (bicyclic) bond motifs is 2. The Kier molecular flexibility index (Phi) is 8.18. The van der Waals surface area contributed by atoms with Gasteiger partial charge in [0, 0.05) is 31.0 Å². The van der Waals surface area contributed by atoms with E-state index in [4.69, 9.17) is 9.47 Å². The van der Waals surface area contributed by atoms with E-state index in [0.29, 0.717) is 19.8 Å². The van der Waals surface area contributed by atoms with Crippen LogP contribution in [0.2, 0.25) is 0 Å². The fourth-order valence-corrected chi connectivity index (χ4v) is 4.97. The zero-order valence-corrected chi connectivity index (χ0v) is 19.3. The molecular weight excluding hydrogens is 400 g/mol. The molecule has 2 aromatic carbocycles. The van der Waals surface area contributed by atoms with Gasteiger partial charge < -0.3 is 19.3 Å². The molecule has 0 bridgehead atoms. The number of esters is 1. The third-order valence-corrected chi connectivity index (χ3v) is 6.59. The van der Waals surface area contributed by atoms with E-state index in [1.165, 1.54) is 28.9 Å². The van der Waals surface area contributed by atoms with Crippen LogP contribution >= 0.6 is 0 Å². The number of hydrogen-bond acceptors (Lipinski definition) is 5. The van der Waals surface area contributed by atoms with Gasteiger partial charge in [0.15, 0.2) is 0 Å². The van der Waals surface area contributed by atoms with Crippen LogP contribution in [-0.2, 0) is 27.1 Å². The molecule has 2 aliphatic heterocycles. The van der Waals surface area contributed by atoms with Crippen molar-refractivity contribution in [1.29, 1.82) is 0 Å². The molecule has 0 spiro atoms.